The standard InChI is InChI=1S/C21H25N3O4/c1-3-24(21(27)17-6-4-5-15(13-17)14-28-2)12-11-19(25)23-18-9-7-16(8-10-18)20(22)26/h4-10,13H,3,11-12,14H2,1-2H3,(H2,22,26)(H,23,25). The topological polar surface area (TPSA) is 102 Å². The lowest BCUT2D eigenvalue weighted by molar-refractivity contribution is -0.116. The minimum atomic E-state index is -0.524. The number of hydrogen-bond acceptors (Lipinski definition) is 4. The maximum Gasteiger partial charge on any atom is 0.253 e. The summed E-state index contributed by atoms with van der Waals surface area (Å²) in [5.41, 5.74) is 7.62. The van der Waals surface area contributed by atoms with Crippen LogP contribution >= 0.6 is 0 Å². The van der Waals surface area contributed by atoms with Gasteiger partial charge in [-0.3, -0.25) is 14.4 Å². The lowest BCUT2D eigenvalue weighted by atomic mass is 10.1. The first kappa shape index (κ1) is 21.1. The van der Waals surface area contributed by atoms with Gasteiger partial charge >= 0.3 is 0 Å². The van der Waals surface area contributed by atoms with Gasteiger partial charge in [0.25, 0.3) is 5.91 Å². The predicted octanol–water partition coefficient (Wildman–Crippen LogP) is 2.42. The van der Waals surface area contributed by atoms with E-state index in [9.17, 15) is 14.4 Å². The molecule has 148 valence electrons. The summed E-state index contributed by atoms with van der Waals surface area (Å²) in [7, 11) is 1.60. The molecule has 0 bridgehead atoms. The Labute approximate surface area is 164 Å². The number of primary amides is 1. The Morgan fingerprint density at radius 1 is 1.07 bits per heavy atom. The number of carbonyl (C=O) groups excluding carboxylic acids is 3. The largest absolute Gasteiger partial charge is 0.380 e. The molecule has 7 heteroatoms. The molecule has 0 aliphatic heterocycles. The van der Waals surface area contributed by atoms with Gasteiger partial charge < -0.3 is 20.7 Å². The van der Waals surface area contributed by atoms with Crippen LogP contribution in [0.1, 0.15) is 39.6 Å². The second-order valence-electron chi connectivity index (χ2n) is 6.26. The second-order valence-corrected chi connectivity index (χ2v) is 6.26. The van der Waals surface area contributed by atoms with Gasteiger partial charge in [-0.2, -0.15) is 0 Å². The van der Waals surface area contributed by atoms with Crippen molar-refractivity contribution in [1.29, 1.82) is 0 Å². The Morgan fingerprint density at radius 3 is 2.39 bits per heavy atom. The van der Waals surface area contributed by atoms with Crippen LogP contribution in [0.15, 0.2) is 48.5 Å². The van der Waals surface area contributed by atoms with E-state index in [1.165, 1.54) is 0 Å². The van der Waals surface area contributed by atoms with Crippen molar-refractivity contribution in [2.45, 2.75) is 20.0 Å². The van der Waals surface area contributed by atoms with Gasteiger partial charge in [0.2, 0.25) is 11.8 Å². The van der Waals surface area contributed by atoms with Gasteiger partial charge in [0.15, 0.2) is 0 Å². The van der Waals surface area contributed by atoms with Crippen molar-refractivity contribution >= 4 is 23.4 Å². The molecule has 0 atom stereocenters. The van der Waals surface area contributed by atoms with Crippen molar-refractivity contribution in [2.75, 3.05) is 25.5 Å². The number of anilines is 1. The van der Waals surface area contributed by atoms with Crippen LogP contribution in [0.2, 0.25) is 0 Å². The lowest BCUT2D eigenvalue weighted by Crippen LogP contribution is -2.33. The molecule has 2 aromatic carbocycles. The lowest BCUT2D eigenvalue weighted by Gasteiger charge is -2.21. The molecule has 2 aromatic rings. The highest BCUT2D eigenvalue weighted by molar-refractivity contribution is 5.96. The molecule has 28 heavy (non-hydrogen) atoms. The molecule has 7 nitrogen and oxygen atoms in total. The van der Waals surface area contributed by atoms with Crippen LogP contribution in [0.5, 0.6) is 0 Å². The fraction of sp³-hybridized carbons (Fsp3) is 0.286. The predicted molar refractivity (Wildman–Crippen MR) is 107 cm³/mol. The Kier molecular flexibility index (Phi) is 7.71. The molecule has 0 aliphatic rings. The van der Waals surface area contributed by atoms with Crippen molar-refractivity contribution in [3.8, 4) is 0 Å². The van der Waals surface area contributed by atoms with E-state index >= 15 is 0 Å². The molecule has 0 aromatic heterocycles. The van der Waals surface area contributed by atoms with Gasteiger partial charge in [-0.15, -0.1) is 0 Å². The Hall–Kier alpha value is -3.19. The smallest absolute Gasteiger partial charge is 0.253 e. The number of ether oxygens (including phenoxy) is 1. The van der Waals surface area contributed by atoms with Crippen molar-refractivity contribution in [3.05, 3.63) is 65.2 Å². The summed E-state index contributed by atoms with van der Waals surface area (Å²) >= 11 is 0. The van der Waals surface area contributed by atoms with Gasteiger partial charge in [-0.1, -0.05) is 12.1 Å². The van der Waals surface area contributed by atoms with Crippen LogP contribution in [0.4, 0.5) is 5.69 Å². The average molecular weight is 383 g/mol. The average Bonchev–Trinajstić information content (AvgIpc) is 2.69. The summed E-state index contributed by atoms with van der Waals surface area (Å²) in [4.78, 5) is 37.6. The monoisotopic (exact) mass is 383 g/mol. The van der Waals surface area contributed by atoms with Crippen LogP contribution in [0.3, 0.4) is 0 Å². The van der Waals surface area contributed by atoms with Crippen molar-refractivity contribution in [3.63, 3.8) is 0 Å². The number of nitrogens with two attached hydrogens (primary N) is 1. The quantitative estimate of drug-likeness (QED) is 0.694. The van der Waals surface area contributed by atoms with Crippen LogP contribution in [0, 0.1) is 0 Å². The number of carbonyl (C=O) groups is 3. The highest BCUT2D eigenvalue weighted by atomic mass is 16.5. The molecule has 0 unspecified atom stereocenters. The van der Waals surface area contributed by atoms with Gasteiger partial charge in [-0.25, -0.2) is 0 Å². The van der Waals surface area contributed by atoms with Crippen LogP contribution < -0.4 is 11.1 Å². The molecular weight excluding hydrogens is 358 g/mol. The van der Waals surface area contributed by atoms with E-state index in [4.69, 9.17) is 10.5 Å². The highest BCUT2D eigenvalue weighted by Gasteiger charge is 2.16. The number of rotatable bonds is 9. The molecule has 2 rings (SSSR count). The summed E-state index contributed by atoms with van der Waals surface area (Å²) in [6.07, 6.45) is 0.162. The number of methoxy groups -OCH3 is 1. The normalized spacial score (nSPS) is 10.4. The zero-order valence-electron chi connectivity index (χ0n) is 16.1. The fourth-order valence-corrected chi connectivity index (χ4v) is 2.72. The van der Waals surface area contributed by atoms with Gasteiger partial charge in [-0.05, 0) is 48.9 Å². The minimum absolute atomic E-state index is 0.126. The summed E-state index contributed by atoms with van der Waals surface area (Å²) in [5.74, 6) is -0.866. The summed E-state index contributed by atoms with van der Waals surface area (Å²) in [5, 5.41) is 2.75. The Bertz CT molecular complexity index is 834. The maximum atomic E-state index is 12.7. The van der Waals surface area contributed by atoms with Gasteiger partial charge in [0, 0.05) is 43.4 Å². The van der Waals surface area contributed by atoms with E-state index < -0.39 is 5.91 Å². The molecular formula is C21H25N3O4. The van der Waals surface area contributed by atoms with Crippen LogP contribution in [-0.4, -0.2) is 42.8 Å². The first-order chi connectivity index (χ1) is 13.4. The SMILES string of the molecule is CCN(CCC(=O)Nc1ccc(C(N)=O)cc1)C(=O)c1cccc(COC)c1. The fourth-order valence-electron chi connectivity index (χ4n) is 2.72. The first-order valence-electron chi connectivity index (χ1n) is 9.01. The van der Waals surface area contributed by atoms with Crippen LogP contribution in [0.25, 0.3) is 0 Å². The number of hydrogen-bond donors (Lipinski definition) is 2. The third-order valence-electron chi connectivity index (χ3n) is 4.22. The second kappa shape index (κ2) is 10.2. The summed E-state index contributed by atoms with van der Waals surface area (Å²) in [6, 6.07) is 13.6. The zero-order valence-corrected chi connectivity index (χ0v) is 16.1. The molecule has 0 radical (unpaired) electrons. The van der Waals surface area contributed by atoms with Crippen molar-refractivity contribution in [1.82, 2.24) is 4.90 Å². The van der Waals surface area contributed by atoms with Crippen molar-refractivity contribution in [2.24, 2.45) is 5.73 Å². The molecule has 0 fully saturated rings. The Balaban J connectivity index is 1.93. The van der Waals surface area contributed by atoms with E-state index in [-0.39, 0.29) is 18.2 Å². The van der Waals surface area contributed by atoms with Crippen molar-refractivity contribution < 1.29 is 19.1 Å². The van der Waals surface area contributed by atoms with E-state index in [0.717, 1.165) is 5.56 Å². The number of benzene rings is 2. The summed E-state index contributed by atoms with van der Waals surface area (Å²) < 4.78 is 5.10. The molecule has 0 spiro atoms. The molecule has 0 saturated heterocycles. The van der Waals surface area contributed by atoms with Crippen LogP contribution in [-0.2, 0) is 16.1 Å². The summed E-state index contributed by atoms with van der Waals surface area (Å²) in [6.45, 7) is 3.10. The minimum Gasteiger partial charge on any atom is -0.380 e. The van der Waals surface area contributed by atoms with E-state index in [2.05, 4.69) is 5.32 Å². The number of amides is 3. The van der Waals surface area contributed by atoms with Gasteiger partial charge in [0.1, 0.15) is 0 Å². The number of nitrogens with one attached hydrogen (secondary N) is 1. The zero-order chi connectivity index (χ0) is 20.5. The molecule has 0 aliphatic carbocycles. The third kappa shape index (κ3) is 5.92. The number of nitrogens with zero attached hydrogens (tertiary/aromatic N) is 1. The van der Waals surface area contributed by atoms with Gasteiger partial charge in [0.05, 0.1) is 6.61 Å². The van der Waals surface area contributed by atoms with E-state index in [0.29, 0.717) is 36.5 Å². The van der Waals surface area contributed by atoms with E-state index in [1.807, 2.05) is 19.1 Å². The maximum absolute atomic E-state index is 12.7. The van der Waals surface area contributed by atoms with E-state index in [1.54, 1.807) is 48.4 Å². The molecule has 0 heterocycles. The molecule has 0 saturated carbocycles. The highest BCUT2D eigenvalue weighted by Crippen LogP contribution is 2.12. The molecule has 3 amide bonds. The third-order valence-corrected chi connectivity index (χ3v) is 4.22. The molecule has 3 N–H and O–H groups in total. The first-order valence-corrected chi connectivity index (χ1v) is 9.01. The Morgan fingerprint density at radius 2 is 1.79 bits per heavy atom.